The Hall–Kier alpha value is -1.82. The third-order valence-electron chi connectivity index (χ3n) is 2.55. The zero-order chi connectivity index (χ0) is 15.0. The van der Waals surface area contributed by atoms with Crippen molar-refractivity contribution < 1.29 is 13.9 Å². The maximum absolute atomic E-state index is 13.8. The van der Waals surface area contributed by atoms with Crippen molar-refractivity contribution in [1.29, 1.82) is 0 Å². The van der Waals surface area contributed by atoms with Gasteiger partial charge in [-0.25, -0.2) is 9.18 Å². The number of azide groups is 1. The standard InChI is InChI=1S/C12H14ClFN4O2/c1-20-12(19)11(16-5-2-6-17-18-15)9-7-8(13)3-4-10(9)14/h3-4,7,11,16H,2,5-6H2,1H3. The van der Waals surface area contributed by atoms with Gasteiger partial charge >= 0.3 is 5.97 Å². The van der Waals surface area contributed by atoms with E-state index in [1.54, 1.807) is 0 Å². The number of esters is 1. The predicted octanol–water partition coefficient (Wildman–Crippen LogP) is 2.98. The van der Waals surface area contributed by atoms with E-state index in [4.69, 9.17) is 17.1 Å². The Kier molecular flexibility index (Phi) is 6.79. The first kappa shape index (κ1) is 16.2. The molecule has 20 heavy (non-hydrogen) atoms. The molecule has 0 radical (unpaired) electrons. The van der Waals surface area contributed by atoms with Crippen molar-refractivity contribution in [2.75, 3.05) is 20.2 Å². The first-order chi connectivity index (χ1) is 9.60. The highest BCUT2D eigenvalue weighted by Gasteiger charge is 2.24. The minimum absolute atomic E-state index is 0.119. The molecule has 0 saturated carbocycles. The molecule has 0 heterocycles. The van der Waals surface area contributed by atoms with Crippen LogP contribution in [0.2, 0.25) is 5.02 Å². The monoisotopic (exact) mass is 300 g/mol. The smallest absolute Gasteiger partial charge is 0.327 e. The highest BCUT2D eigenvalue weighted by atomic mass is 35.5. The Morgan fingerprint density at radius 3 is 3.05 bits per heavy atom. The number of hydrogen-bond acceptors (Lipinski definition) is 4. The molecular formula is C12H14ClFN4O2. The fourth-order valence-corrected chi connectivity index (χ4v) is 1.80. The zero-order valence-electron chi connectivity index (χ0n) is 10.8. The molecule has 1 N–H and O–H groups in total. The van der Waals surface area contributed by atoms with Gasteiger partial charge in [-0.2, -0.15) is 0 Å². The average molecular weight is 301 g/mol. The Bertz CT molecular complexity index is 520. The number of carbonyl (C=O) groups is 1. The number of hydrogen-bond donors (Lipinski definition) is 1. The van der Waals surface area contributed by atoms with Crippen LogP contribution in [-0.4, -0.2) is 26.2 Å². The van der Waals surface area contributed by atoms with Crippen molar-refractivity contribution in [1.82, 2.24) is 5.32 Å². The van der Waals surface area contributed by atoms with E-state index in [0.29, 0.717) is 18.0 Å². The van der Waals surface area contributed by atoms with Crippen LogP contribution in [-0.2, 0) is 9.53 Å². The zero-order valence-corrected chi connectivity index (χ0v) is 11.6. The Balaban J connectivity index is 2.81. The molecule has 1 unspecified atom stereocenters. The van der Waals surface area contributed by atoms with Crippen molar-refractivity contribution in [3.63, 3.8) is 0 Å². The van der Waals surface area contributed by atoms with Gasteiger partial charge in [0, 0.05) is 22.0 Å². The summed E-state index contributed by atoms with van der Waals surface area (Å²) in [7, 11) is 1.22. The van der Waals surface area contributed by atoms with E-state index in [9.17, 15) is 9.18 Å². The number of halogens is 2. The molecule has 0 saturated heterocycles. The summed E-state index contributed by atoms with van der Waals surface area (Å²) in [5.41, 5.74) is 8.26. The summed E-state index contributed by atoms with van der Waals surface area (Å²) in [6.45, 7) is 0.653. The highest BCUT2D eigenvalue weighted by Crippen LogP contribution is 2.22. The fraction of sp³-hybridized carbons (Fsp3) is 0.417. The highest BCUT2D eigenvalue weighted by molar-refractivity contribution is 6.30. The molecule has 8 heteroatoms. The van der Waals surface area contributed by atoms with E-state index < -0.39 is 17.8 Å². The molecule has 1 atom stereocenters. The van der Waals surface area contributed by atoms with E-state index in [1.807, 2.05) is 0 Å². The van der Waals surface area contributed by atoms with Crippen LogP contribution >= 0.6 is 11.6 Å². The Morgan fingerprint density at radius 2 is 2.40 bits per heavy atom. The van der Waals surface area contributed by atoms with Gasteiger partial charge in [0.25, 0.3) is 0 Å². The third kappa shape index (κ3) is 4.70. The van der Waals surface area contributed by atoms with Crippen LogP contribution in [0.1, 0.15) is 18.0 Å². The minimum Gasteiger partial charge on any atom is -0.468 e. The van der Waals surface area contributed by atoms with E-state index in [0.717, 1.165) is 0 Å². The molecule has 108 valence electrons. The maximum atomic E-state index is 13.8. The van der Waals surface area contributed by atoms with Gasteiger partial charge in [-0.05, 0) is 36.7 Å². The van der Waals surface area contributed by atoms with Gasteiger partial charge in [-0.1, -0.05) is 16.7 Å². The molecule has 0 aromatic heterocycles. The second-order valence-electron chi connectivity index (χ2n) is 3.88. The fourth-order valence-electron chi connectivity index (χ4n) is 1.61. The van der Waals surface area contributed by atoms with Gasteiger partial charge in [0.2, 0.25) is 0 Å². The lowest BCUT2D eigenvalue weighted by Crippen LogP contribution is -2.31. The van der Waals surface area contributed by atoms with Gasteiger partial charge in [0.1, 0.15) is 11.9 Å². The molecule has 0 aliphatic rings. The second-order valence-corrected chi connectivity index (χ2v) is 4.32. The minimum atomic E-state index is -0.954. The van der Waals surface area contributed by atoms with E-state index in [-0.39, 0.29) is 12.1 Å². The largest absolute Gasteiger partial charge is 0.468 e. The Morgan fingerprint density at radius 1 is 1.65 bits per heavy atom. The lowest BCUT2D eigenvalue weighted by Gasteiger charge is -2.17. The normalized spacial score (nSPS) is 11.6. The molecule has 0 aliphatic heterocycles. The number of methoxy groups -OCH3 is 1. The summed E-state index contributed by atoms with van der Waals surface area (Å²) in [5, 5.41) is 6.55. The molecular weight excluding hydrogens is 287 g/mol. The van der Waals surface area contributed by atoms with E-state index in [2.05, 4.69) is 20.1 Å². The first-order valence-electron chi connectivity index (χ1n) is 5.87. The molecule has 1 rings (SSSR count). The summed E-state index contributed by atoms with van der Waals surface area (Å²) in [6.07, 6.45) is 0.514. The lowest BCUT2D eigenvalue weighted by atomic mass is 10.1. The topological polar surface area (TPSA) is 87.1 Å². The summed E-state index contributed by atoms with van der Waals surface area (Å²) >= 11 is 5.81. The summed E-state index contributed by atoms with van der Waals surface area (Å²) in [4.78, 5) is 14.3. The number of carbonyl (C=O) groups excluding carboxylic acids is 1. The number of nitrogens with one attached hydrogen (secondary N) is 1. The second kappa shape index (κ2) is 8.37. The molecule has 0 bridgehead atoms. The van der Waals surface area contributed by atoms with E-state index >= 15 is 0 Å². The van der Waals surface area contributed by atoms with Crippen LogP contribution < -0.4 is 5.32 Å². The summed E-state index contributed by atoms with van der Waals surface area (Å²) < 4.78 is 18.4. The maximum Gasteiger partial charge on any atom is 0.327 e. The van der Waals surface area contributed by atoms with Crippen LogP contribution in [0.25, 0.3) is 10.4 Å². The number of benzene rings is 1. The lowest BCUT2D eigenvalue weighted by molar-refractivity contribution is -0.143. The molecule has 0 amide bonds. The molecule has 0 aliphatic carbocycles. The molecule has 1 aromatic carbocycles. The summed E-state index contributed by atoms with van der Waals surface area (Å²) in [5.74, 6) is -1.16. The molecule has 6 nitrogen and oxygen atoms in total. The van der Waals surface area contributed by atoms with Crippen LogP contribution in [0.4, 0.5) is 4.39 Å². The van der Waals surface area contributed by atoms with Crippen LogP contribution in [0, 0.1) is 5.82 Å². The van der Waals surface area contributed by atoms with Gasteiger partial charge < -0.3 is 10.1 Å². The van der Waals surface area contributed by atoms with Gasteiger partial charge in [-0.15, -0.1) is 0 Å². The van der Waals surface area contributed by atoms with Crippen molar-refractivity contribution in [3.05, 3.63) is 45.0 Å². The first-order valence-corrected chi connectivity index (χ1v) is 6.25. The van der Waals surface area contributed by atoms with Gasteiger partial charge in [-0.3, -0.25) is 0 Å². The SMILES string of the molecule is COC(=O)C(NCCCN=[N+]=[N-])c1cc(Cl)ccc1F. The third-order valence-corrected chi connectivity index (χ3v) is 2.79. The Labute approximate surface area is 120 Å². The predicted molar refractivity (Wildman–Crippen MR) is 72.8 cm³/mol. The van der Waals surface area contributed by atoms with Gasteiger partial charge in [0.05, 0.1) is 7.11 Å². The molecule has 1 aromatic rings. The van der Waals surface area contributed by atoms with Crippen molar-refractivity contribution in [2.24, 2.45) is 5.11 Å². The van der Waals surface area contributed by atoms with E-state index in [1.165, 1.54) is 25.3 Å². The van der Waals surface area contributed by atoms with Crippen LogP contribution in [0.3, 0.4) is 0 Å². The number of nitrogens with zero attached hydrogens (tertiary/aromatic N) is 3. The quantitative estimate of drug-likeness (QED) is 0.276. The molecule has 0 fully saturated rings. The van der Waals surface area contributed by atoms with Crippen LogP contribution in [0.5, 0.6) is 0 Å². The molecule has 0 spiro atoms. The number of rotatable bonds is 7. The number of ether oxygens (including phenoxy) is 1. The van der Waals surface area contributed by atoms with Crippen molar-refractivity contribution in [3.8, 4) is 0 Å². The van der Waals surface area contributed by atoms with Crippen molar-refractivity contribution >= 4 is 17.6 Å². The summed E-state index contributed by atoms with van der Waals surface area (Å²) in [6, 6.07) is 3.01. The van der Waals surface area contributed by atoms with Crippen LogP contribution in [0.15, 0.2) is 23.3 Å². The average Bonchev–Trinajstić information content (AvgIpc) is 2.45. The van der Waals surface area contributed by atoms with Gasteiger partial charge in [0.15, 0.2) is 0 Å². The van der Waals surface area contributed by atoms with Crippen molar-refractivity contribution in [2.45, 2.75) is 12.5 Å².